The van der Waals surface area contributed by atoms with Gasteiger partial charge in [0.15, 0.2) is 5.66 Å². The Bertz CT molecular complexity index is 1070. The maximum Gasteiger partial charge on any atom is 0.234 e. The summed E-state index contributed by atoms with van der Waals surface area (Å²) in [5, 5.41) is 3.98. The SMILES string of the molecule is COc1ccc(NC(=O)CSC2=NC3(CCN(C)CC3)N=C2c2ccc(F)cc2)cc1Cl. The summed E-state index contributed by atoms with van der Waals surface area (Å²) in [4.78, 5) is 24.7. The first kappa shape index (κ1) is 22.8. The fourth-order valence-electron chi connectivity index (χ4n) is 3.69. The van der Waals surface area contributed by atoms with Gasteiger partial charge < -0.3 is 15.0 Å². The van der Waals surface area contributed by atoms with Gasteiger partial charge in [0.2, 0.25) is 5.91 Å². The number of hydrogen-bond acceptors (Lipinski definition) is 6. The maximum atomic E-state index is 13.4. The Morgan fingerprint density at radius 3 is 2.59 bits per heavy atom. The van der Waals surface area contributed by atoms with Gasteiger partial charge in [-0.15, -0.1) is 0 Å². The van der Waals surface area contributed by atoms with Gasteiger partial charge in [0, 0.05) is 37.2 Å². The Kier molecular flexibility index (Phi) is 6.83. The van der Waals surface area contributed by atoms with Gasteiger partial charge in [-0.25, -0.2) is 9.38 Å². The van der Waals surface area contributed by atoms with Crippen LogP contribution in [0.3, 0.4) is 0 Å². The summed E-state index contributed by atoms with van der Waals surface area (Å²) in [6.45, 7) is 1.81. The van der Waals surface area contributed by atoms with E-state index in [4.69, 9.17) is 26.3 Å². The Hall–Kier alpha value is -2.42. The van der Waals surface area contributed by atoms with Crippen LogP contribution in [-0.4, -0.2) is 60.2 Å². The molecule has 2 aromatic rings. The summed E-state index contributed by atoms with van der Waals surface area (Å²) in [6, 6.07) is 11.3. The zero-order valence-electron chi connectivity index (χ0n) is 17.9. The highest BCUT2D eigenvalue weighted by Gasteiger charge is 2.39. The predicted octanol–water partition coefficient (Wildman–Crippen LogP) is 4.48. The van der Waals surface area contributed by atoms with Gasteiger partial charge in [-0.3, -0.25) is 9.79 Å². The molecule has 2 heterocycles. The zero-order valence-corrected chi connectivity index (χ0v) is 19.5. The number of halogens is 2. The lowest BCUT2D eigenvalue weighted by Gasteiger charge is -2.33. The second-order valence-corrected chi connectivity index (χ2v) is 9.23. The highest BCUT2D eigenvalue weighted by atomic mass is 35.5. The van der Waals surface area contributed by atoms with Crippen molar-refractivity contribution in [2.75, 3.05) is 38.3 Å². The van der Waals surface area contributed by atoms with Crippen molar-refractivity contribution in [3.05, 3.63) is 58.9 Å². The topological polar surface area (TPSA) is 66.3 Å². The summed E-state index contributed by atoms with van der Waals surface area (Å²) in [5.74, 6) is 0.230. The Balaban J connectivity index is 1.48. The second-order valence-electron chi connectivity index (χ2n) is 7.86. The van der Waals surface area contributed by atoms with Gasteiger partial charge in [-0.05, 0) is 49.5 Å². The van der Waals surface area contributed by atoms with Gasteiger partial charge in [-0.1, -0.05) is 23.4 Å². The zero-order chi connectivity index (χ0) is 22.7. The summed E-state index contributed by atoms with van der Waals surface area (Å²) >= 11 is 7.48. The largest absolute Gasteiger partial charge is 0.495 e. The first-order chi connectivity index (χ1) is 15.4. The fraction of sp³-hybridized carbons (Fsp3) is 0.348. The Morgan fingerprint density at radius 1 is 1.22 bits per heavy atom. The normalized spacial score (nSPS) is 17.8. The van der Waals surface area contributed by atoms with Crippen LogP contribution in [0.1, 0.15) is 18.4 Å². The minimum atomic E-state index is -0.501. The quantitative estimate of drug-likeness (QED) is 0.693. The summed E-state index contributed by atoms with van der Waals surface area (Å²) in [7, 11) is 3.62. The number of benzene rings is 2. The number of carbonyl (C=O) groups is 1. The molecule has 168 valence electrons. The van der Waals surface area contributed by atoms with Crippen LogP contribution in [0.5, 0.6) is 5.75 Å². The number of likely N-dealkylation sites (tertiary alicyclic amines) is 1. The second kappa shape index (κ2) is 9.60. The van der Waals surface area contributed by atoms with Crippen LogP contribution in [0.25, 0.3) is 0 Å². The molecule has 0 radical (unpaired) electrons. The molecule has 0 aromatic heterocycles. The first-order valence-electron chi connectivity index (χ1n) is 10.3. The van der Waals surface area contributed by atoms with E-state index in [-0.39, 0.29) is 17.5 Å². The van der Waals surface area contributed by atoms with Gasteiger partial charge in [0.05, 0.1) is 23.6 Å². The van der Waals surface area contributed by atoms with Crippen molar-refractivity contribution in [3.63, 3.8) is 0 Å². The highest BCUT2D eigenvalue weighted by Crippen LogP contribution is 2.35. The lowest BCUT2D eigenvalue weighted by molar-refractivity contribution is -0.113. The molecule has 1 spiro atoms. The molecular weight excluding hydrogens is 451 g/mol. The van der Waals surface area contributed by atoms with E-state index in [9.17, 15) is 9.18 Å². The minimum absolute atomic E-state index is 0.165. The molecule has 2 aliphatic rings. The van der Waals surface area contributed by atoms with Crippen LogP contribution in [0.15, 0.2) is 52.4 Å². The standard InChI is InChI=1S/C23H24ClFN4O2S/c1-29-11-9-23(10-12-29)27-21(15-3-5-16(25)6-4-15)22(28-23)32-14-20(30)26-17-7-8-19(31-2)18(24)13-17/h3-8,13H,9-12,14H2,1-2H3,(H,26,30). The van der Waals surface area contributed by atoms with Crippen LogP contribution in [0.2, 0.25) is 5.02 Å². The van der Waals surface area contributed by atoms with Gasteiger partial charge in [-0.2, -0.15) is 0 Å². The number of thioether (sulfide) groups is 1. The van der Waals surface area contributed by atoms with Crippen LogP contribution in [0.4, 0.5) is 10.1 Å². The minimum Gasteiger partial charge on any atom is -0.495 e. The number of amides is 1. The van der Waals surface area contributed by atoms with Crippen molar-refractivity contribution in [3.8, 4) is 5.75 Å². The summed E-state index contributed by atoms with van der Waals surface area (Å²) in [5.41, 5.74) is 1.61. The van der Waals surface area contributed by atoms with Crippen LogP contribution in [-0.2, 0) is 4.79 Å². The maximum absolute atomic E-state index is 13.4. The number of hydrogen-bond donors (Lipinski definition) is 1. The molecule has 4 rings (SSSR count). The molecule has 0 unspecified atom stereocenters. The first-order valence-corrected chi connectivity index (χ1v) is 11.6. The molecule has 1 amide bonds. The number of methoxy groups -OCH3 is 1. The molecule has 32 heavy (non-hydrogen) atoms. The summed E-state index contributed by atoms with van der Waals surface area (Å²) in [6.07, 6.45) is 1.63. The highest BCUT2D eigenvalue weighted by molar-refractivity contribution is 8.16. The smallest absolute Gasteiger partial charge is 0.234 e. The monoisotopic (exact) mass is 474 g/mol. The van der Waals surface area contributed by atoms with E-state index in [1.165, 1.54) is 31.0 Å². The van der Waals surface area contributed by atoms with Crippen molar-refractivity contribution in [2.24, 2.45) is 9.98 Å². The van der Waals surface area contributed by atoms with E-state index in [1.807, 2.05) is 0 Å². The number of nitrogens with zero attached hydrogens (tertiary/aromatic N) is 3. The van der Waals surface area contributed by atoms with Crippen LogP contribution >= 0.6 is 23.4 Å². The van der Waals surface area contributed by atoms with E-state index in [2.05, 4.69) is 17.3 Å². The molecule has 0 atom stereocenters. The molecule has 9 heteroatoms. The van der Waals surface area contributed by atoms with Crippen LogP contribution < -0.4 is 10.1 Å². The third-order valence-corrected chi connectivity index (χ3v) is 6.77. The Morgan fingerprint density at radius 2 is 1.94 bits per heavy atom. The van der Waals surface area contributed by atoms with Crippen molar-refractivity contribution in [1.29, 1.82) is 0 Å². The lowest BCUT2D eigenvalue weighted by atomic mass is 9.99. The van der Waals surface area contributed by atoms with Gasteiger partial charge >= 0.3 is 0 Å². The number of ether oxygens (including phenoxy) is 1. The van der Waals surface area contributed by atoms with Crippen molar-refractivity contribution >= 4 is 45.7 Å². The molecule has 1 fully saturated rings. The molecule has 1 saturated heterocycles. The van der Waals surface area contributed by atoms with Gasteiger partial charge in [0.1, 0.15) is 16.6 Å². The average Bonchev–Trinajstić information content (AvgIpc) is 3.13. The van der Waals surface area contributed by atoms with Gasteiger partial charge in [0.25, 0.3) is 0 Å². The molecule has 1 N–H and O–H groups in total. The van der Waals surface area contributed by atoms with E-state index < -0.39 is 5.66 Å². The number of carbonyl (C=O) groups excluding carboxylic acids is 1. The van der Waals surface area contributed by atoms with E-state index in [0.717, 1.165) is 37.2 Å². The van der Waals surface area contributed by atoms with E-state index in [1.54, 1.807) is 30.3 Å². The number of piperidine rings is 1. The number of nitrogens with one attached hydrogen (secondary N) is 1. The molecule has 2 aliphatic heterocycles. The average molecular weight is 475 g/mol. The third-order valence-electron chi connectivity index (χ3n) is 5.51. The third kappa shape index (κ3) is 5.14. The predicted molar refractivity (Wildman–Crippen MR) is 129 cm³/mol. The molecular formula is C23H24ClFN4O2S. The lowest BCUT2D eigenvalue weighted by Crippen LogP contribution is -2.39. The molecule has 2 aromatic carbocycles. The van der Waals surface area contributed by atoms with Crippen molar-refractivity contribution in [1.82, 2.24) is 4.90 Å². The van der Waals surface area contributed by atoms with Crippen molar-refractivity contribution < 1.29 is 13.9 Å². The summed E-state index contributed by atoms with van der Waals surface area (Å²) < 4.78 is 18.6. The van der Waals surface area contributed by atoms with Crippen molar-refractivity contribution in [2.45, 2.75) is 18.5 Å². The molecule has 0 aliphatic carbocycles. The van der Waals surface area contributed by atoms with Crippen LogP contribution in [0, 0.1) is 5.82 Å². The Labute approximate surface area is 195 Å². The number of anilines is 1. The molecule has 6 nitrogen and oxygen atoms in total. The fourth-order valence-corrected chi connectivity index (χ4v) is 4.83. The van der Waals surface area contributed by atoms with E-state index >= 15 is 0 Å². The molecule has 0 bridgehead atoms. The van der Waals surface area contributed by atoms with E-state index in [0.29, 0.717) is 21.5 Å². The number of rotatable bonds is 5. The molecule has 0 saturated carbocycles. The number of aliphatic imine (C=N–C) groups is 2.